The molecule has 0 amide bonds. The third-order valence-electron chi connectivity index (χ3n) is 2.36. The SMILES string of the molecule is COC(=O)c1nccc(NCCCCN(C)C)n1. The molecule has 1 rings (SSSR count). The topological polar surface area (TPSA) is 67.3 Å². The summed E-state index contributed by atoms with van der Waals surface area (Å²) in [6.07, 6.45) is 3.71. The first kappa shape index (κ1) is 14.4. The van der Waals surface area contributed by atoms with E-state index in [-0.39, 0.29) is 5.82 Å². The Hall–Kier alpha value is -1.69. The van der Waals surface area contributed by atoms with Crippen molar-refractivity contribution in [3.05, 3.63) is 18.1 Å². The molecule has 0 bridgehead atoms. The molecule has 0 spiro atoms. The number of hydrogen-bond donors (Lipinski definition) is 1. The average Bonchev–Trinajstić information content (AvgIpc) is 2.37. The largest absolute Gasteiger partial charge is 0.463 e. The summed E-state index contributed by atoms with van der Waals surface area (Å²) >= 11 is 0. The van der Waals surface area contributed by atoms with Gasteiger partial charge in [0.05, 0.1) is 7.11 Å². The highest BCUT2D eigenvalue weighted by Crippen LogP contribution is 2.03. The first-order valence-electron chi connectivity index (χ1n) is 5.93. The molecule has 1 aromatic heterocycles. The van der Waals surface area contributed by atoms with Gasteiger partial charge in [-0.05, 0) is 39.5 Å². The van der Waals surface area contributed by atoms with Crippen LogP contribution >= 0.6 is 0 Å². The zero-order chi connectivity index (χ0) is 13.4. The van der Waals surface area contributed by atoms with E-state index in [0.717, 1.165) is 25.9 Å². The molecule has 6 nitrogen and oxygen atoms in total. The van der Waals surface area contributed by atoms with Gasteiger partial charge in [-0.2, -0.15) is 0 Å². The monoisotopic (exact) mass is 252 g/mol. The number of nitrogens with one attached hydrogen (secondary N) is 1. The van der Waals surface area contributed by atoms with Crippen molar-refractivity contribution in [2.75, 3.05) is 39.6 Å². The molecule has 0 saturated heterocycles. The first-order valence-corrected chi connectivity index (χ1v) is 5.93. The summed E-state index contributed by atoms with van der Waals surface area (Å²) < 4.78 is 4.56. The minimum absolute atomic E-state index is 0.0794. The number of unbranched alkanes of at least 4 members (excludes halogenated alkanes) is 1. The second kappa shape index (κ2) is 7.60. The lowest BCUT2D eigenvalue weighted by molar-refractivity contribution is 0.0587. The van der Waals surface area contributed by atoms with E-state index in [1.807, 2.05) is 0 Å². The van der Waals surface area contributed by atoms with Gasteiger partial charge in [-0.25, -0.2) is 14.8 Å². The van der Waals surface area contributed by atoms with Crippen LogP contribution in [0.25, 0.3) is 0 Å². The highest BCUT2D eigenvalue weighted by Gasteiger charge is 2.08. The number of carbonyl (C=O) groups is 1. The van der Waals surface area contributed by atoms with Crippen molar-refractivity contribution in [2.45, 2.75) is 12.8 Å². The van der Waals surface area contributed by atoms with Crippen molar-refractivity contribution in [3.8, 4) is 0 Å². The molecule has 1 N–H and O–H groups in total. The van der Waals surface area contributed by atoms with E-state index < -0.39 is 5.97 Å². The highest BCUT2D eigenvalue weighted by atomic mass is 16.5. The van der Waals surface area contributed by atoms with Crippen molar-refractivity contribution >= 4 is 11.8 Å². The molecule has 0 aliphatic rings. The Bertz CT molecular complexity index is 382. The highest BCUT2D eigenvalue weighted by molar-refractivity contribution is 5.85. The molecular formula is C12H20N4O2. The number of methoxy groups -OCH3 is 1. The molecule has 0 aliphatic carbocycles. The Morgan fingerprint density at radius 1 is 1.44 bits per heavy atom. The van der Waals surface area contributed by atoms with Gasteiger partial charge < -0.3 is 15.0 Å². The standard InChI is InChI=1S/C12H20N4O2/c1-16(2)9-5-4-7-13-10-6-8-14-11(15-10)12(17)18-3/h6,8H,4-5,7,9H2,1-3H3,(H,13,14,15). The van der Waals surface area contributed by atoms with Gasteiger partial charge in [-0.3, -0.25) is 0 Å². The van der Waals surface area contributed by atoms with Crippen LogP contribution in [0.15, 0.2) is 12.3 Å². The summed E-state index contributed by atoms with van der Waals surface area (Å²) in [6, 6.07) is 1.73. The fourth-order valence-electron chi connectivity index (χ4n) is 1.42. The van der Waals surface area contributed by atoms with Crippen LogP contribution in [-0.2, 0) is 4.74 Å². The average molecular weight is 252 g/mol. The van der Waals surface area contributed by atoms with Crippen LogP contribution in [0.1, 0.15) is 23.5 Å². The second-order valence-corrected chi connectivity index (χ2v) is 4.19. The summed E-state index contributed by atoms with van der Waals surface area (Å²) in [5, 5.41) is 3.16. The van der Waals surface area contributed by atoms with Crippen molar-refractivity contribution in [3.63, 3.8) is 0 Å². The summed E-state index contributed by atoms with van der Waals surface area (Å²) in [7, 11) is 5.42. The van der Waals surface area contributed by atoms with Gasteiger partial charge in [-0.15, -0.1) is 0 Å². The minimum atomic E-state index is -0.522. The van der Waals surface area contributed by atoms with Crippen molar-refractivity contribution in [1.82, 2.24) is 14.9 Å². The predicted octanol–water partition coefficient (Wildman–Crippen LogP) is 1.02. The van der Waals surface area contributed by atoms with Gasteiger partial charge >= 0.3 is 5.97 Å². The third-order valence-corrected chi connectivity index (χ3v) is 2.36. The number of hydrogen-bond acceptors (Lipinski definition) is 6. The van der Waals surface area contributed by atoms with E-state index >= 15 is 0 Å². The van der Waals surface area contributed by atoms with E-state index in [0.29, 0.717) is 5.82 Å². The molecule has 0 atom stereocenters. The number of esters is 1. The van der Waals surface area contributed by atoms with Crippen LogP contribution in [0.2, 0.25) is 0 Å². The quantitative estimate of drug-likeness (QED) is 0.577. The number of ether oxygens (including phenoxy) is 1. The summed E-state index contributed by atoms with van der Waals surface area (Å²) in [4.78, 5) is 21.3. The Morgan fingerprint density at radius 2 is 2.22 bits per heavy atom. The van der Waals surface area contributed by atoms with Crippen molar-refractivity contribution < 1.29 is 9.53 Å². The number of nitrogens with zero attached hydrogens (tertiary/aromatic N) is 3. The minimum Gasteiger partial charge on any atom is -0.463 e. The molecule has 1 heterocycles. The number of aromatic nitrogens is 2. The van der Waals surface area contributed by atoms with E-state index in [1.54, 1.807) is 12.3 Å². The Kier molecular flexibility index (Phi) is 6.07. The maximum absolute atomic E-state index is 11.2. The molecular weight excluding hydrogens is 232 g/mol. The fourth-order valence-corrected chi connectivity index (χ4v) is 1.42. The van der Waals surface area contributed by atoms with Gasteiger partial charge in [0.2, 0.25) is 5.82 Å². The lowest BCUT2D eigenvalue weighted by Gasteiger charge is -2.09. The molecule has 0 radical (unpaired) electrons. The van der Waals surface area contributed by atoms with Gasteiger partial charge in [0.1, 0.15) is 5.82 Å². The molecule has 0 fully saturated rings. The molecule has 0 aliphatic heterocycles. The molecule has 0 unspecified atom stereocenters. The van der Waals surface area contributed by atoms with Crippen LogP contribution in [0.4, 0.5) is 5.82 Å². The van der Waals surface area contributed by atoms with Crippen LogP contribution < -0.4 is 5.32 Å². The Labute approximate surface area is 107 Å². The number of anilines is 1. The normalized spacial score (nSPS) is 10.4. The summed E-state index contributed by atoms with van der Waals surface area (Å²) in [5.74, 6) is 0.206. The molecule has 0 aromatic carbocycles. The summed E-state index contributed by atoms with van der Waals surface area (Å²) in [5.41, 5.74) is 0. The molecule has 0 saturated carbocycles. The smallest absolute Gasteiger partial charge is 0.376 e. The van der Waals surface area contributed by atoms with E-state index in [4.69, 9.17) is 0 Å². The Morgan fingerprint density at radius 3 is 2.89 bits per heavy atom. The van der Waals surface area contributed by atoms with Gasteiger partial charge in [0.25, 0.3) is 0 Å². The van der Waals surface area contributed by atoms with Crippen LogP contribution in [0, 0.1) is 0 Å². The maximum atomic E-state index is 11.2. The Balaban J connectivity index is 2.36. The molecule has 6 heteroatoms. The van der Waals surface area contributed by atoms with Gasteiger partial charge in [-0.1, -0.05) is 0 Å². The van der Waals surface area contributed by atoms with E-state index in [2.05, 4.69) is 39.0 Å². The maximum Gasteiger partial charge on any atom is 0.376 e. The second-order valence-electron chi connectivity index (χ2n) is 4.19. The zero-order valence-electron chi connectivity index (χ0n) is 11.1. The lowest BCUT2D eigenvalue weighted by atomic mass is 10.3. The van der Waals surface area contributed by atoms with Crippen LogP contribution in [0.5, 0.6) is 0 Å². The lowest BCUT2D eigenvalue weighted by Crippen LogP contribution is -2.15. The first-order chi connectivity index (χ1) is 8.63. The number of rotatable bonds is 7. The summed E-state index contributed by atoms with van der Waals surface area (Å²) in [6.45, 7) is 1.89. The van der Waals surface area contributed by atoms with E-state index in [1.165, 1.54) is 7.11 Å². The van der Waals surface area contributed by atoms with Crippen molar-refractivity contribution in [1.29, 1.82) is 0 Å². The van der Waals surface area contributed by atoms with Gasteiger partial charge in [0, 0.05) is 12.7 Å². The zero-order valence-corrected chi connectivity index (χ0v) is 11.1. The van der Waals surface area contributed by atoms with Crippen LogP contribution in [0.3, 0.4) is 0 Å². The predicted molar refractivity (Wildman–Crippen MR) is 69.6 cm³/mol. The van der Waals surface area contributed by atoms with E-state index in [9.17, 15) is 4.79 Å². The van der Waals surface area contributed by atoms with Crippen molar-refractivity contribution in [2.24, 2.45) is 0 Å². The van der Waals surface area contributed by atoms with Gasteiger partial charge in [0.15, 0.2) is 0 Å². The molecule has 18 heavy (non-hydrogen) atoms. The van der Waals surface area contributed by atoms with Crippen LogP contribution in [-0.4, -0.2) is 55.1 Å². The third kappa shape index (κ3) is 5.09. The molecule has 1 aromatic rings. The molecule has 100 valence electrons. The fraction of sp³-hybridized carbons (Fsp3) is 0.583. The number of carbonyl (C=O) groups excluding carboxylic acids is 1.